The minimum Gasteiger partial charge on any atom is -0.332 e. The van der Waals surface area contributed by atoms with Crippen molar-refractivity contribution in [3.05, 3.63) is 74.5 Å². The molecule has 0 amide bonds. The van der Waals surface area contributed by atoms with Gasteiger partial charge in [0.25, 0.3) is 5.69 Å². The normalized spacial score (nSPS) is 10.4. The molecule has 0 aliphatic carbocycles. The molecule has 0 fully saturated rings. The van der Waals surface area contributed by atoms with Crippen molar-refractivity contribution in [2.45, 2.75) is 6.54 Å². The van der Waals surface area contributed by atoms with Crippen molar-refractivity contribution >= 4 is 57.9 Å². The second-order valence-electron chi connectivity index (χ2n) is 5.40. The van der Waals surface area contributed by atoms with Crippen LogP contribution in [0.25, 0.3) is 0 Å². The molecular weight excluding hydrogens is 411 g/mol. The number of anilines is 2. The average molecular weight is 423 g/mol. The zero-order chi connectivity index (χ0) is 19.4. The Morgan fingerprint density at radius 2 is 1.89 bits per heavy atom. The smallest absolute Gasteiger partial charge is 0.269 e. The number of non-ortho nitro benzene ring substituents is 1. The molecule has 27 heavy (non-hydrogen) atoms. The van der Waals surface area contributed by atoms with Crippen molar-refractivity contribution < 1.29 is 4.92 Å². The fourth-order valence-electron chi connectivity index (χ4n) is 2.18. The summed E-state index contributed by atoms with van der Waals surface area (Å²) >= 11 is 17.1. The van der Waals surface area contributed by atoms with Crippen LogP contribution in [0.2, 0.25) is 10.0 Å². The Hall–Kier alpha value is -2.75. The Labute approximate surface area is 169 Å². The Morgan fingerprint density at radius 3 is 2.56 bits per heavy atom. The largest absolute Gasteiger partial charge is 0.332 e. The fraction of sp³-hybridized carbons (Fsp3) is 0.0625. The lowest BCUT2D eigenvalue weighted by molar-refractivity contribution is -0.384. The van der Waals surface area contributed by atoms with E-state index < -0.39 is 4.92 Å². The second-order valence-corrected chi connectivity index (χ2v) is 6.62. The molecule has 1 heterocycles. The van der Waals surface area contributed by atoms with Gasteiger partial charge < -0.3 is 5.32 Å². The Balaban J connectivity index is 1.58. The summed E-state index contributed by atoms with van der Waals surface area (Å²) in [5.74, 6) is 0.314. The van der Waals surface area contributed by atoms with Crippen molar-refractivity contribution in [2.75, 3.05) is 10.6 Å². The zero-order valence-corrected chi connectivity index (χ0v) is 15.9. The van der Waals surface area contributed by atoms with Gasteiger partial charge in [-0.1, -0.05) is 29.3 Å². The summed E-state index contributed by atoms with van der Waals surface area (Å²) in [6.45, 7) is 0.466. The van der Waals surface area contributed by atoms with E-state index in [2.05, 4.69) is 20.7 Å². The highest BCUT2D eigenvalue weighted by Gasteiger charge is 2.07. The van der Waals surface area contributed by atoms with Gasteiger partial charge in [0.05, 0.1) is 21.5 Å². The lowest BCUT2D eigenvalue weighted by atomic mass is 10.2. The van der Waals surface area contributed by atoms with Gasteiger partial charge in [0.2, 0.25) is 5.95 Å². The van der Waals surface area contributed by atoms with Gasteiger partial charge in [0, 0.05) is 17.8 Å². The minimum absolute atomic E-state index is 0.00198. The Morgan fingerprint density at radius 1 is 1.15 bits per heavy atom. The van der Waals surface area contributed by atoms with Crippen LogP contribution in [-0.2, 0) is 6.54 Å². The molecule has 0 radical (unpaired) electrons. The Bertz CT molecular complexity index is 993. The highest BCUT2D eigenvalue weighted by atomic mass is 35.5. The average Bonchev–Trinajstić information content (AvgIpc) is 3.05. The number of thiocarbonyl (C=S) groups is 1. The molecule has 3 aromatic rings. The van der Waals surface area contributed by atoms with Crippen molar-refractivity contribution in [1.82, 2.24) is 14.8 Å². The first-order valence-corrected chi connectivity index (χ1v) is 8.73. The van der Waals surface area contributed by atoms with Crippen LogP contribution in [0.1, 0.15) is 5.56 Å². The number of aromatic nitrogens is 3. The number of hydrogen-bond donors (Lipinski definition) is 2. The molecule has 1 aromatic heterocycles. The highest BCUT2D eigenvalue weighted by molar-refractivity contribution is 7.80. The fourth-order valence-corrected chi connectivity index (χ4v) is 2.71. The summed E-state index contributed by atoms with van der Waals surface area (Å²) in [7, 11) is 0. The summed E-state index contributed by atoms with van der Waals surface area (Å²) in [6.07, 6.45) is 1.55. The monoisotopic (exact) mass is 422 g/mol. The van der Waals surface area contributed by atoms with Gasteiger partial charge >= 0.3 is 0 Å². The van der Waals surface area contributed by atoms with E-state index in [1.165, 1.54) is 12.1 Å². The van der Waals surface area contributed by atoms with Gasteiger partial charge in [0.15, 0.2) is 5.11 Å². The number of halogens is 2. The second kappa shape index (κ2) is 8.30. The molecule has 2 aromatic carbocycles. The molecule has 0 aliphatic rings. The van der Waals surface area contributed by atoms with Gasteiger partial charge in [-0.3, -0.25) is 15.4 Å². The van der Waals surface area contributed by atoms with Crippen LogP contribution in [0.3, 0.4) is 0 Å². The predicted octanol–water partition coefficient (Wildman–Crippen LogP) is 4.35. The molecule has 0 saturated carbocycles. The van der Waals surface area contributed by atoms with Crippen molar-refractivity contribution in [3.8, 4) is 0 Å². The standard InChI is InChI=1S/C16H12Cl2N6O2S/c17-13-6-1-10(7-14(13)18)8-23-9-19-15(22-23)21-16(27)20-11-2-4-12(5-3-11)24(25)26/h1-7,9H,8H2,(H2,20,21,22,27). The van der Waals surface area contributed by atoms with Gasteiger partial charge in [-0.05, 0) is 42.0 Å². The summed E-state index contributed by atoms with van der Waals surface area (Å²) in [5.41, 5.74) is 1.53. The first-order chi connectivity index (χ1) is 12.9. The molecular formula is C16H12Cl2N6O2S. The van der Waals surface area contributed by atoms with E-state index in [9.17, 15) is 10.1 Å². The van der Waals surface area contributed by atoms with Gasteiger partial charge in [-0.15, -0.1) is 5.10 Å². The first-order valence-electron chi connectivity index (χ1n) is 7.56. The minimum atomic E-state index is -0.467. The number of nitrogens with one attached hydrogen (secondary N) is 2. The quantitative estimate of drug-likeness (QED) is 0.358. The van der Waals surface area contributed by atoms with Crippen LogP contribution in [0, 0.1) is 10.1 Å². The van der Waals surface area contributed by atoms with Crippen LogP contribution in [0.4, 0.5) is 17.3 Å². The number of nitrogens with zero attached hydrogens (tertiary/aromatic N) is 4. The van der Waals surface area contributed by atoms with E-state index >= 15 is 0 Å². The SMILES string of the molecule is O=[N+]([O-])c1ccc(NC(=S)Nc2ncn(Cc3ccc(Cl)c(Cl)c3)n2)cc1. The highest BCUT2D eigenvalue weighted by Crippen LogP contribution is 2.23. The third kappa shape index (κ3) is 5.13. The molecule has 0 atom stereocenters. The third-order valence-electron chi connectivity index (χ3n) is 3.43. The van der Waals surface area contributed by atoms with Gasteiger partial charge in [-0.25, -0.2) is 9.67 Å². The summed E-state index contributed by atoms with van der Waals surface area (Å²) in [6, 6.07) is 11.2. The molecule has 0 unspecified atom stereocenters. The van der Waals surface area contributed by atoms with Crippen LogP contribution in [0.5, 0.6) is 0 Å². The molecule has 0 bridgehead atoms. The van der Waals surface area contributed by atoms with Crippen LogP contribution in [0.15, 0.2) is 48.8 Å². The molecule has 3 rings (SSSR count). The number of rotatable bonds is 5. The molecule has 2 N–H and O–H groups in total. The van der Waals surface area contributed by atoms with E-state index in [4.69, 9.17) is 35.4 Å². The van der Waals surface area contributed by atoms with E-state index in [-0.39, 0.29) is 10.8 Å². The van der Waals surface area contributed by atoms with Crippen molar-refractivity contribution in [3.63, 3.8) is 0 Å². The molecule has 138 valence electrons. The van der Waals surface area contributed by atoms with E-state index in [1.54, 1.807) is 35.3 Å². The van der Waals surface area contributed by atoms with Crippen LogP contribution < -0.4 is 10.6 Å². The molecule has 0 saturated heterocycles. The number of nitro benzene ring substituents is 1. The summed E-state index contributed by atoms with van der Waals surface area (Å²) in [5, 5.41) is 21.9. The number of benzene rings is 2. The van der Waals surface area contributed by atoms with Crippen LogP contribution >= 0.6 is 35.4 Å². The number of hydrogen-bond acceptors (Lipinski definition) is 5. The van der Waals surface area contributed by atoms with Crippen molar-refractivity contribution in [1.29, 1.82) is 0 Å². The summed E-state index contributed by atoms with van der Waals surface area (Å²) in [4.78, 5) is 14.3. The van der Waals surface area contributed by atoms with E-state index in [0.717, 1.165) is 5.56 Å². The number of nitro groups is 1. The lowest BCUT2D eigenvalue weighted by Crippen LogP contribution is -2.20. The van der Waals surface area contributed by atoms with Gasteiger partial charge in [0.1, 0.15) is 6.33 Å². The first kappa shape index (κ1) is 19.0. The van der Waals surface area contributed by atoms with E-state index in [1.807, 2.05) is 6.07 Å². The summed E-state index contributed by atoms with van der Waals surface area (Å²) < 4.78 is 1.62. The predicted molar refractivity (Wildman–Crippen MR) is 109 cm³/mol. The Kier molecular flexibility index (Phi) is 5.84. The lowest BCUT2D eigenvalue weighted by Gasteiger charge is -2.07. The zero-order valence-electron chi connectivity index (χ0n) is 13.6. The molecule has 8 nitrogen and oxygen atoms in total. The van der Waals surface area contributed by atoms with Crippen molar-refractivity contribution in [2.24, 2.45) is 0 Å². The van der Waals surface area contributed by atoms with Crippen LogP contribution in [-0.4, -0.2) is 24.8 Å². The maximum Gasteiger partial charge on any atom is 0.269 e. The molecule has 0 spiro atoms. The maximum atomic E-state index is 10.7. The maximum absolute atomic E-state index is 10.7. The third-order valence-corrected chi connectivity index (χ3v) is 4.37. The molecule has 0 aliphatic heterocycles. The van der Waals surface area contributed by atoms with E-state index in [0.29, 0.717) is 28.2 Å². The molecule has 11 heteroatoms. The topological polar surface area (TPSA) is 97.9 Å². The van der Waals surface area contributed by atoms with Gasteiger partial charge in [-0.2, -0.15) is 0 Å².